The summed E-state index contributed by atoms with van der Waals surface area (Å²) in [4.78, 5) is 19.2. The van der Waals surface area contributed by atoms with Crippen LogP contribution in [0.1, 0.15) is 30.1 Å². The Morgan fingerprint density at radius 2 is 2.11 bits per heavy atom. The van der Waals surface area contributed by atoms with Gasteiger partial charge < -0.3 is 19.4 Å². The van der Waals surface area contributed by atoms with E-state index in [0.717, 1.165) is 47.3 Å². The summed E-state index contributed by atoms with van der Waals surface area (Å²) in [7, 11) is 0. The van der Waals surface area contributed by atoms with E-state index in [0.29, 0.717) is 19.6 Å². The summed E-state index contributed by atoms with van der Waals surface area (Å²) in [6.07, 6.45) is 5.53. The minimum atomic E-state index is -0.0319. The largest absolute Gasteiger partial charge is 0.341 e. The van der Waals surface area contributed by atoms with Crippen molar-refractivity contribution in [2.45, 2.75) is 45.4 Å². The Morgan fingerprint density at radius 1 is 1.19 bits per heavy atom. The highest BCUT2D eigenvalue weighted by molar-refractivity contribution is 6.31. The molecule has 2 aliphatic rings. The average Bonchev–Trinajstić information content (AvgIpc) is 3.26. The summed E-state index contributed by atoms with van der Waals surface area (Å²) < 4.78 is 4.48. The predicted molar refractivity (Wildman–Crippen MR) is 105 cm³/mol. The van der Waals surface area contributed by atoms with Crippen LogP contribution in [0.3, 0.4) is 0 Å². The van der Waals surface area contributed by atoms with Gasteiger partial charge in [-0.15, -0.1) is 0 Å². The van der Waals surface area contributed by atoms with E-state index in [9.17, 15) is 4.79 Å². The number of carbonyl (C=O) groups is 1. The Morgan fingerprint density at radius 3 is 3.00 bits per heavy atom. The molecule has 2 aliphatic heterocycles. The number of nitrogens with zero attached hydrogens (tertiary/aromatic N) is 4. The minimum Gasteiger partial charge on any atom is -0.341 e. The first-order valence-corrected chi connectivity index (χ1v) is 9.90. The molecule has 1 N–H and O–H groups in total. The topological polar surface area (TPSA) is 55.1 Å². The highest BCUT2D eigenvalue weighted by Crippen LogP contribution is 2.26. The van der Waals surface area contributed by atoms with E-state index in [2.05, 4.69) is 31.7 Å². The number of benzene rings is 1. The Labute approximate surface area is 162 Å². The lowest BCUT2D eigenvalue weighted by Gasteiger charge is -2.29. The number of fused-ring (bicyclic) bond motifs is 4. The molecule has 4 heterocycles. The van der Waals surface area contributed by atoms with Gasteiger partial charge in [0.2, 0.25) is 0 Å². The molecule has 27 heavy (non-hydrogen) atoms. The molecule has 0 saturated heterocycles. The maximum Gasteiger partial charge on any atom is 0.318 e. The van der Waals surface area contributed by atoms with Gasteiger partial charge in [0.15, 0.2) is 0 Å². The number of aromatic nitrogens is 3. The number of imidazole rings is 1. The molecule has 0 aliphatic carbocycles. The minimum absolute atomic E-state index is 0.0319. The lowest BCUT2D eigenvalue weighted by Crippen LogP contribution is -2.43. The summed E-state index contributed by atoms with van der Waals surface area (Å²) in [5.41, 5.74) is 3.23. The molecule has 5 rings (SSSR count). The van der Waals surface area contributed by atoms with Crippen LogP contribution in [0.4, 0.5) is 4.79 Å². The maximum atomic E-state index is 12.6. The van der Waals surface area contributed by atoms with E-state index >= 15 is 0 Å². The van der Waals surface area contributed by atoms with Gasteiger partial charge in [-0.3, -0.25) is 0 Å². The van der Waals surface area contributed by atoms with Gasteiger partial charge in [0, 0.05) is 53.9 Å². The number of aryl methyl sites for hydroxylation is 2. The van der Waals surface area contributed by atoms with Crippen molar-refractivity contribution in [1.29, 1.82) is 0 Å². The third-order valence-corrected chi connectivity index (χ3v) is 5.80. The normalized spacial score (nSPS) is 16.3. The van der Waals surface area contributed by atoms with Crippen LogP contribution in [0.5, 0.6) is 0 Å². The zero-order valence-corrected chi connectivity index (χ0v) is 15.9. The van der Waals surface area contributed by atoms with Gasteiger partial charge in [0.25, 0.3) is 0 Å². The van der Waals surface area contributed by atoms with Gasteiger partial charge in [0.1, 0.15) is 5.82 Å². The molecule has 0 spiro atoms. The Balaban J connectivity index is 1.26. The second-order valence-electron chi connectivity index (χ2n) is 7.37. The van der Waals surface area contributed by atoms with E-state index in [-0.39, 0.29) is 6.03 Å². The second kappa shape index (κ2) is 6.60. The van der Waals surface area contributed by atoms with Crippen molar-refractivity contribution in [2.75, 3.05) is 6.54 Å². The fourth-order valence-corrected chi connectivity index (χ4v) is 4.35. The van der Waals surface area contributed by atoms with E-state index < -0.39 is 0 Å². The molecule has 1 aromatic carbocycles. The van der Waals surface area contributed by atoms with Crippen molar-refractivity contribution >= 4 is 28.5 Å². The van der Waals surface area contributed by atoms with E-state index in [4.69, 9.17) is 11.6 Å². The number of rotatable bonds is 2. The van der Waals surface area contributed by atoms with Crippen LogP contribution in [0, 0.1) is 0 Å². The Hall–Kier alpha value is -2.47. The van der Waals surface area contributed by atoms with Crippen LogP contribution in [0.2, 0.25) is 5.02 Å². The highest BCUT2D eigenvalue weighted by atomic mass is 35.5. The monoisotopic (exact) mass is 383 g/mol. The third-order valence-electron chi connectivity index (χ3n) is 5.56. The van der Waals surface area contributed by atoms with Crippen LogP contribution in [-0.4, -0.2) is 31.6 Å². The third kappa shape index (κ3) is 3.08. The SMILES string of the molecule is O=C(NCc1cn2c(n1)CCCC2)N1CCn2c(cc3ccc(Cl)cc32)C1. The summed E-state index contributed by atoms with van der Waals surface area (Å²) >= 11 is 6.14. The van der Waals surface area contributed by atoms with Crippen molar-refractivity contribution in [3.63, 3.8) is 0 Å². The number of urea groups is 1. The lowest BCUT2D eigenvalue weighted by molar-refractivity contribution is 0.183. The molecular weight excluding hydrogens is 362 g/mol. The number of halogens is 1. The molecule has 140 valence electrons. The summed E-state index contributed by atoms with van der Waals surface area (Å²) in [6.45, 7) is 3.60. The van der Waals surface area contributed by atoms with Gasteiger partial charge in [-0.05, 0) is 31.0 Å². The van der Waals surface area contributed by atoms with Crippen molar-refractivity contribution in [2.24, 2.45) is 0 Å². The molecule has 0 atom stereocenters. The molecule has 0 saturated carbocycles. The zero-order chi connectivity index (χ0) is 18.4. The van der Waals surface area contributed by atoms with Crippen LogP contribution >= 0.6 is 11.6 Å². The quantitative estimate of drug-likeness (QED) is 0.735. The number of hydrogen-bond donors (Lipinski definition) is 1. The fourth-order valence-electron chi connectivity index (χ4n) is 4.18. The maximum absolute atomic E-state index is 12.6. The Kier molecular flexibility index (Phi) is 4.08. The second-order valence-corrected chi connectivity index (χ2v) is 7.81. The molecule has 2 amide bonds. The van der Waals surface area contributed by atoms with Gasteiger partial charge in [-0.25, -0.2) is 9.78 Å². The smallest absolute Gasteiger partial charge is 0.318 e. The van der Waals surface area contributed by atoms with Crippen molar-refractivity contribution in [1.82, 2.24) is 24.3 Å². The predicted octanol–water partition coefficient (Wildman–Crippen LogP) is 3.55. The van der Waals surface area contributed by atoms with Gasteiger partial charge in [-0.2, -0.15) is 0 Å². The molecule has 0 fully saturated rings. The highest BCUT2D eigenvalue weighted by Gasteiger charge is 2.22. The standard InChI is InChI=1S/C20H22ClN5O/c21-15-5-4-14-9-17-13-25(7-8-26(17)18(14)10-15)20(27)22-11-16-12-24-6-2-1-3-19(24)23-16/h4-5,9-10,12H,1-3,6-8,11,13H2,(H,22,27). The van der Waals surface area contributed by atoms with E-state index in [1.54, 1.807) is 0 Å². The first-order valence-electron chi connectivity index (χ1n) is 9.53. The lowest BCUT2D eigenvalue weighted by atomic mass is 10.2. The van der Waals surface area contributed by atoms with Crippen molar-refractivity contribution in [3.8, 4) is 0 Å². The molecule has 3 aromatic rings. The number of hydrogen-bond acceptors (Lipinski definition) is 2. The zero-order valence-electron chi connectivity index (χ0n) is 15.1. The molecule has 0 radical (unpaired) electrons. The van der Waals surface area contributed by atoms with Crippen LogP contribution < -0.4 is 5.32 Å². The average molecular weight is 384 g/mol. The summed E-state index contributed by atoms with van der Waals surface area (Å²) in [6, 6.07) is 8.06. The van der Waals surface area contributed by atoms with Gasteiger partial charge in [0.05, 0.1) is 18.8 Å². The summed E-state index contributed by atoms with van der Waals surface area (Å²) in [5, 5.41) is 4.94. The Bertz CT molecular complexity index is 997. The number of amides is 2. The van der Waals surface area contributed by atoms with Crippen LogP contribution in [-0.2, 0) is 32.6 Å². The van der Waals surface area contributed by atoms with Gasteiger partial charge >= 0.3 is 6.03 Å². The first-order chi connectivity index (χ1) is 13.2. The molecule has 0 unspecified atom stereocenters. The molecular formula is C20H22ClN5O. The number of nitrogens with one attached hydrogen (secondary N) is 1. The first kappa shape index (κ1) is 16.7. The molecule has 2 aromatic heterocycles. The molecule has 7 heteroatoms. The van der Waals surface area contributed by atoms with Gasteiger partial charge in [-0.1, -0.05) is 17.7 Å². The van der Waals surface area contributed by atoms with Crippen molar-refractivity contribution in [3.05, 3.63) is 52.7 Å². The van der Waals surface area contributed by atoms with E-state index in [1.807, 2.05) is 23.1 Å². The van der Waals surface area contributed by atoms with Crippen molar-refractivity contribution < 1.29 is 4.79 Å². The molecule has 0 bridgehead atoms. The number of carbonyl (C=O) groups excluding carboxylic acids is 1. The molecule has 6 nitrogen and oxygen atoms in total. The van der Waals surface area contributed by atoms with Crippen LogP contribution in [0.15, 0.2) is 30.5 Å². The summed E-state index contributed by atoms with van der Waals surface area (Å²) in [5.74, 6) is 1.15. The fraction of sp³-hybridized carbons (Fsp3) is 0.400. The van der Waals surface area contributed by atoms with E-state index in [1.165, 1.54) is 18.2 Å². The van der Waals surface area contributed by atoms with Crippen LogP contribution in [0.25, 0.3) is 10.9 Å².